The van der Waals surface area contributed by atoms with E-state index >= 15 is 0 Å². The van der Waals surface area contributed by atoms with Crippen LogP contribution in [0.1, 0.15) is 62.8 Å². The van der Waals surface area contributed by atoms with Crippen molar-refractivity contribution in [2.24, 2.45) is 0 Å². The highest BCUT2D eigenvalue weighted by Gasteiger charge is 2.30. The number of carbonyl (C=O) groups excluding carboxylic acids is 1. The second-order valence-corrected chi connectivity index (χ2v) is 6.60. The molecule has 1 aromatic heterocycles. The number of aromatic nitrogens is 3. The van der Waals surface area contributed by atoms with Crippen molar-refractivity contribution in [3.63, 3.8) is 0 Å². The zero-order valence-electron chi connectivity index (χ0n) is 14.3. The van der Waals surface area contributed by atoms with Crippen LogP contribution in [0.3, 0.4) is 0 Å². The predicted molar refractivity (Wildman–Crippen MR) is 89.5 cm³/mol. The predicted octanol–water partition coefficient (Wildman–Crippen LogP) is 3.38. The van der Waals surface area contributed by atoms with E-state index in [1.807, 2.05) is 16.5 Å². The van der Waals surface area contributed by atoms with E-state index in [0.717, 1.165) is 30.3 Å². The molecule has 0 aliphatic carbocycles. The molecule has 1 aliphatic rings. The van der Waals surface area contributed by atoms with Crippen LogP contribution in [0, 0.1) is 6.92 Å². The SMILES string of the molecule is Cc1ccc(-n2nc(C(C)C)nc2[C@@H](C)N2CCCC2=O)cc1. The lowest BCUT2D eigenvalue weighted by Gasteiger charge is -2.23. The molecule has 0 N–H and O–H groups in total. The minimum Gasteiger partial charge on any atom is -0.333 e. The van der Waals surface area contributed by atoms with Crippen LogP contribution in [0.15, 0.2) is 24.3 Å². The minimum absolute atomic E-state index is 0.0636. The molecule has 1 aromatic carbocycles. The van der Waals surface area contributed by atoms with Gasteiger partial charge in [0.1, 0.15) is 0 Å². The van der Waals surface area contributed by atoms with Gasteiger partial charge >= 0.3 is 0 Å². The monoisotopic (exact) mass is 312 g/mol. The summed E-state index contributed by atoms with van der Waals surface area (Å²) in [5, 5.41) is 4.69. The molecule has 1 fully saturated rings. The Morgan fingerprint density at radius 1 is 1.13 bits per heavy atom. The summed E-state index contributed by atoms with van der Waals surface area (Å²) in [5.74, 6) is 2.12. The van der Waals surface area contributed by atoms with E-state index < -0.39 is 0 Å². The number of benzene rings is 1. The van der Waals surface area contributed by atoms with Crippen molar-refractivity contribution in [1.82, 2.24) is 19.7 Å². The second kappa shape index (κ2) is 6.14. The van der Waals surface area contributed by atoms with Crippen molar-refractivity contribution in [1.29, 1.82) is 0 Å². The number of hydrogen-bond donors (Lipinski definition) is 0. The Balaban J connectivity index is 2.04. The van der Waals surface area contributed by atoms with Gasteiger partial charge in [0.25, 0.3) is 0 Å². The number of likely N-dealkylation sites (tertiary alicyclic amines) is 1. The third-order valence-electron chi connectivity index (χ3n) is 4.39. The van der Waals surface area contributed by atoms with Crippen LogP contribution in [0.2, 0.25) is 0 Å². The molecule has 2 heterocycles. The van der Waals surface area contributed by atoms with Gasteiger partial charge in [-0.2, -0.15) is 5.10 Å². The maximum Gasteiger partial charge on any atom is 0.223 e. The molecular formula is C18H24N4O. The molecule has 5 nitrogen and oxygen atoms in total. The number of aryl methyl sites for hydroxylation is 1. The van der Waals surface area contributed by atoms with Gasteiger partial charge in [-0.3, -0.25) is 4.79 Å². The van der Waals surface area contributed by atoms with Gasteiger partial charge < -0.3 is 4.90 Å². The first-order valence-electron chi connectivity index (χ1n) is 8.30. The lowest BCUT2D eigenvalue weighted by atomic mass is 10.2. The zero-order valence-corrected chi connectivity index (χ0v) is 14.3. The van der Waals surface area contributed by atoms with Crippen molar-refractivity contribution in [3.8, 4) is 5.69 Å². The fourth-order valence-corrected chi connectivity index (χ4v) is 2.95. The van der Waals surface area contributed by atoms with Crippen LogP contribution in [0.25, 0.3) is 5.69 Å². The molecular weight excluding hydrogens is 288 g/mol. The number of rotatable bonds is 4. The molecule has 0 bridgehead atoms. The maximum absolute atomic E-state index is 12.1. The van der Waals surface area contributed by atoms with Crippen LogP contribution in [0.4, 0.5) is 0 Å². The van der Waals surface area contributed by atoms with Gasteiger partial charge in [0.05, 0.1) is 11.7 Å². The van der Waals surface area contributed by atoms with Crippen molar-refractivity contribution in [3.05, 3.63) is 41.5 Å². The van der Waals surface area contributed by atoms with Crippen LogP contribution in [-0.2, 0) is 4.79 Å². The molecule has 1 amide bonds. The molecule has 0 unspecified atom stereocenters. The van der Waals surface area contributed by atoms with Crippen molar-refractivity contribution in [2.75, 3.05) is 6.54 Å². The van der Waals surface area contributed by atoms with Crippen LogP contribution < -0.4 is 0 Å². The Kier molecular flexibility index (Phi) is 4.20. The fourth-order valence-electron chi connectivity index (χ4n) is 2.95. The van der Waals surface area contributed by atoms with E-state index in [1.54, 1.807) is 0 Å². The summed E-state index contributed by atoms with van der Waals surface area (Å²) in [7, 11) is 0. The summed E-state index contributed by atoms with van der Waals surface area (Å²) in [6.07, 6.45) is 1.57. The summed E-state index contributed by atoms with van der Waals surface area (Å²) in [5.41, 5.74) is 2.20. The second-order valence-electron chi connectivity index (χ2n) is 6.60. The van der Waals surface area contributed by atoms with Crippen LogP contribution >= 0.6 is 0 Å². The van der Waals surface area contributed by atoms with Gasteiger partial charge in [-0.05, 0) is 32.4 Å². The van der Waals surface area contributed by atoms with E-state index in [0.29, 0.717) is 6.42 Å². The molecule has 1 aliphatic heterocycles. The van der Waals surface area contributed by atoms with Gasteiger partial charge in [0.2, 0.25) is 5.91 Å². The van der Waals surface area contributed by atoms with E-state index in [4.69, 9.17) is 10.1 Å². The molecule has 5 heteroatoms. The third kappa shape index (κ3) is 3.00. The van der Waals surface area contributed by atoms with Crippen molar-refractivity contribution >= 4 is 5.91 Å². The van der Waals surface area contributed by atoms with Gasteiger partial charge in [-0.1, -0.05) is 31.5 Å². The van der Waals surface area contributed by atoms with Crippen molar-refractivity contribution < 1.29 is 4.79 Å². The number of carbonyl (C=O) groups is 1. The van der Waals surface area contributed by atoms with Crippen LogP contribution in [0.5, 0.6) is 0 Å². The smallest absolute Gasteiger partial charge is 0.223 e. The molecule has 0 spiro atoms. The van der Waals surface area contributed by atoms with Gasteiger partial charge in [0.15, 0.2) is 11.6 Å². The highest BCUT2D eigenvalue weighted by Crippen LogP contribution is 2.27. The molecule has 0 radical (unpaired) electrons. The van der Waals surface area contributed by atoms with Gasteiger partial charge in [0, 0.05) is 18.9 Å². The first kappa shape index (κ1) is 15.7. The fraction of sp³-hybridized carbons (Fsp3) is 0.500. The lowest BCUT2D eigenvalue weighted by molar-refractivity contribution is -0.129. The van der Waals surface area contributed by atoms with E-state index in [2.05, 4.69) is 45.0 Å². The quantitative estimate of drug-likeness (QED) is 0.869. The first-order chi connectivity index (χ1) is 11.0. The summed E-state index contributed by atoms with van der Waals surface area (Å²) in [6.45, 7) is 9.09. The third-order valence-corrected chi connectivity index (χ3v) is 4.39. The molecule has 0 saturated carbocycles. The zero-order chi connectivity index (χ0) is 16.6. The van der Waals surface area contributed by atoms with Crippen LogP contribution in [-0.4, -0.2) is 32.1 Å². The van der Waals surface area contributed by atoms with Gasteiger partial charge in [-0.25, -0.2) is 9.67 Å². The van der Waals surface area contributed by atoms with Gasteiger partial charge in [-0.15, -0.1) is 0 Å². The standard InChI is InChI=1S/C18H24N4O/c1-12(2)17-19-18(14(4)21-11-5-6-16(21)23)22(20-17)15-9-7-13(3)8-10-15/h7-10,12,14H,5-6,11H2,1-4H3/t14-/m1/s1. The molecule has 1 atom stereocenters. The highest BCUT2D eigenvalue weighted by molar-refractivity contribution is 5.78. The lowest BCUT2D eigenvalue weighted by Crippen LogP contribution is -2.29. The average Bonchev–Trinajstić information content (AvgIpc) is 3.14. The average molecular weight is 312 g/mol. The normalized spacial score (nSPS) is 16.4. The summed E-state index contributed by atoms with van der Waals surface area (Å²) in [4.78, 5) is 18.8. The van der Waals surface area contributed by atoms with E-state index in [-0.39, 0.29) is 17.9 Å². The van der Waals surface area contributed by atoms with E-state index in [1.165, 1.54) is 5.56 Å². The number of amides is 1. The summed E-state index contributed by atoms with van der Waals surface area (Å²) >= 11 is 0. The summed E-state index contributed by atoms with van der Waals surface area (Å²) < 4.78 is 1.89. The first-order valence-corrected chi connectivity index (χ1v) is 8.30. The molecule has 3 rings (SSSR count). The van der Waals surface area contributed by atoms with E-state index in [9.17, 15) is 4.79 Å². The Morgan fingerprint density at radius 3 is 2.39 bits per heavy atom. The Bertz CT molecular complexity index is 702. The Labute approximate surface area is 137 Å². The molecule has 23 heavy (non-hydrogen) atoms. The molecule has 2 aromatic rings. The Morgan fingerprint density at radius 2 is 1.83 bits per heavy atom. The number of hydrogen-bond acceptors (Lipinski definition) is 3. The molecule has 122 valence electrons. The number of nitrogens with zero attached hydrogens (tertiary/aromatic N) is 4. The highest BCUT2D eigenvalue weighted by atomic mass is 16.2. The Hall–Kier alpha value is -2.17. The maximum atomic E-state index is 12.1. The summed E-state index contributed by atoms with van der Waals surface area (Å²) in [6, 6.07) is 8.18. The topological polar surface area (TPSA) is 51.0 Å². The van der Waals surface area contributed by atoms with Crippen molar-refractivity contribution in [2.45, 2.75) is 52.5 Å². The minimum atomic E-state index is -0.0636. The molecule has 1 saturated heterocycles. The largest absolute Gasteiger partial charge is 0.333 e.